The summed E-state index contributed by atoms with van der Waals surface area (Å²) in [6.07, 6.45) is 5.40. The van der Waals surface area contributed by atoms with Crippen LogP contribution < -0.4 is 0 Å². The van der Waals surface area contributed by atoms with Crippen molar-refractivity contribution in [2.75, 3.05) is 0 Å². The number of alkyl halides is 1. The van der Waals surface area contributed by atoms with Gasteiger partial charge in [0, 0.05) is 4.83 Å². The lowest BCUT2D eigenvalue weighted by Crippen LogP contribution is -2.10. The molecule has 2 rings (SSSR count). The van der Waals surface area contributed by atoms with E-state index in [0.29, 0.717) is 0 Å². The number of halogens is 1. The van der Waals surface area contributed by atoms with Gasteiger partial charge in [-0.25, -0.2) is 0 Å². The second-order valence-corrected chi connectivity index (χ2v) is 5.51. The maximum atomic E-state index is 3.79. The molecule has 0 heterocycles. The molecule has 0 N–H and O–H groups in total. The molecule has 0 bridgehead atoms. The Morgan fingerprint density at radius 3 is 2.71 bits per heavy atom. The average Bonchev–Trinajstić information content (AvgIpc) is 2.56. The molecule has 0 nitrogen and oxygen atoms in total. The Bertz CT molecular complexity index is 306. The predicted molar refractivity (Wildman–Crippen MR) is 64.9 cm³/mol. The zero-order chi connectivity index (χ0) is 9.97. The largest absolute Gasteiger partial charge is 0.0888 e. The standard InChI is InChI=1S/C13H17Br/c1-10-5-2-3-6-11(10)9-12-7-4-8-13(12)14/h2-3,5-6,12-13H,4,7-9H2,1H3. The highest BCUT2D eigenvalue weighted by atomic mass is 79.9. The van der Waals surface area contributed by atoms with Crippen molar-refractivity contribution in [3.05, 3.63) is 35.4 Å². The molecule has 0 spiro atoms. The van der Waals surface area contributed by atoms with E-state index in [1.54, 1.807) is 0 Å². The van der Waals surface area contributed by atoms with Gasteiger partial charge in [-0.15, -0.1) is 0 Å². The minimum Gasteiger partial charge on any atom is -0.0888 e. The SMILES string of the molecule is Cc1ccccc1CC1CCCC1Br. The van der Waals surface area contributed by atoms with Gasteiger partial charge >= 0.3 is 0 Å². The van der Waals surface area contributed by atoms with Crippen molar-refractivity contribution >= 4 is 15.9 Å². The third kappa shape index (κ3) is 2.20. The van der Waals surface area contributed by atoms with Gasteiger partial charge in [-0.3, -0.25) is 0 Å². The lowest BCUT2D eigenvalue weighted by molar-refractivity contribution is 0.561. The van der Waals surface area contributed by atoms with Gasteiger partial charge in [-0.2, -0.15) is 0 Å². The van der Waals surface area contributed by atoms with Crippen LogP contribution in [0.1, 0.15) is 30.4 Å². The quantitative estimate of drug-likeness (QED) is 0.696. The first-order valence-electron chi connectivity index (χ1n) is 5.46. The first-order chi connectivity index (χ1) is 6.77. The second kappa shape index (κ2) is 4.48. The van der Waals surface area contributed by atoms with E-state index in [1.165, 1.54) is 36.8 Å². The Labute approximate surface area is 94.8 Å². The lowest BCUT2D eigenvalue weighted by atomic mass is 9.95. The van der Waals surface area contributed by atoms with Crippen LogP contribution in [0, 0.1) is 12.8 Å². The number of hydrogen-bond acceptors (Lipinski definition) is 0. The zero-order valence-corrected chi connectivity index (χ0v) is 10.3. The van der Waals surface area contributed by atoms with Gasteiger partial charge in [-0.1, -0.05) is 46.6 Å². The van der Waals surface area contributed by atoms with Crippen LogP contribution in [0.5, 0.6) is 0 Å². The molecule has 14 heavy (non-hydrogen) atoms. The second-order valence-electron chi connectivity index (χ2n) is 4.34. The summed E-state index contributed by atoms with van der Waals surface area (Å²) in [5.41, 5.74) is 2.97. The Kier molecular flexibility index (Phi) is 3.27. The molecule has 1 fully saturated rings. The smallest absolute Gasteiger partial charge is 0.0177 e. The van der Waals surface area contributed by atoms with Gasteiger partial charge in [-0.05, 0) is 43.2 Å². The monoisotopic (exact) mass is 252 g/mol. The van der Waals surface area contributed by atoms with Crippen LogP contribution in [0.25, 0.3) is 0 Å². The molecule has 1 aliphatic carbocycles. The van der Waals surface area contributed by atoms with E-state index < -0.39 is 0 Å². The fraction of sp³-hybridized carbons (Fsp3) is 0.538. The minimum atomic E-state index is 0.752. The zero-order valence-electron chi connectivity index (χ0n) is 8.67. The third-order valence-electron chi connectivity index (χ3n) is 3.31. The van der Waals surface area contributed by atoms with Crippen LogP contribution in [0.15, 0.2) is 24.3 Å². The van der Waals surface area contributed by atoms with E-state index in [1.807, 2.05) is 0 Å². The molecule has 1 saturated carbocycles. The summed E-state index contributed by atoms with van der Waals surface area (Å²) >= 11 is 3.79. The van der Waals surface area contributed by atoms with Crippen LogP contribution in [0.3, 0.4) is 0 Å². The summed E-state index contributed by atoms with van der Waals surface area (Å²) in [4.78, 5) is 0.752. The summed E-state index contributed by atoms with van der Waals surface area (Å²) in [6.45, 7) is 2.22. The molecule has 2 unspecified atom stereocenters. The highest BCUT2D eigenvalue weighted by Gasteiger charge is 2.24. The van der Waals surface area contributed by atoms with Crippen molar-refractivity contribution in [1.82, 2.24) is 0 Å². The third-order valence-corrected chi connectivity index (χ3v) is 4.52. The van der Waals surface area contributed by atoms with Crippen LogP contribution >= 0.6 is 15.9 Å². The molecule has 1 aliphatic rings. The van der Waals surface area contributed by atoms with Crippen molar-refractivity contribution in [3.8, 4) is 0 Å². The Hall–Kier alpha value is -0.300. The molecule has 0 amide bonds. The summed E-state index contributed by atoms with van der Waals surface area (Å²) < 4.78 is 0. The average molecular weight is 253 g/mol. The summed E-state index contributed by atoms with van der Waals surface area (Å²) in [6, 6.07) is 8.76. The number of benzene rings is 1. The van der Waals surface area contributed by atoms with E-state index >= 15 is 0 Å². The Morgan fingerprint density at radius 1 is 1.29 bits per heavy atom. The van der Waals surface area contributed by atoms with Crippen molar-refractivity contribution in [2.45, 2.75) is 37.4 Å². The van der Waals surface area contributed by atoms with Gasteiger partial charge < -0.3 is 0 Å². The molecule has 0 saturated heterocycles. The summed E-state index contributed by atoms with van der Waals surface area (Å²) in [7, 11) is 0. The van der Waals surface area contributed by atoms with Crippen LogP contribution in [-0.2, 0) is 6.42 Å². The molecule has 0 aromatic heterocycles. The molecule has 1 aromatic carbocycles. The molecule has 1 heteroatoms. The number of rotatable bonds is 2. The van der Waals surface area contributed by atoms with Gasteiger partial charge in [0.25, 0.3) is 0 Å². The van der Waals surface area contributed by atoms with E-state index in [4.69, 9.17) is 0 Å². The van der Waals surface area contributed by atoms with Crippen molar-refractivity contribution in [2.24, 2.45) is 5.92 Å². The number of hydrogen-bond donors (Lipinski definition) is 0. The first kappa shape index (κ1) is 10.2. The van der Waals surface area contributed by atoms with E-state index in [-0.39, 0.29) is 0 Å². The van der Waals surface area contributed by atoms with Crippen LogP contribution in [0.2, 0.25) is 0 Å². The maximum Gasteiger partial charge on any atom is 0.0177 e. The van der Waals surface area contributed by atoms with E-state index in [9.17, 15) is 0 Å². The maximum absolute atomic E-state index is 3.79. The molecule has 0 aliphatic heterocycles. The first-order valence-corrected chi connectivity index (χ1v) is 6.37. The van der Waals surface area contributed by atoms with Gasteiger partial charge in [0.2, 0.25) is 0 Å². The molecular weight excluding hydrogens is 236 g/mol. The molecule has 2 atom stereocenters. The molecule has 76 valence electrons. The van der Waals surface area contributed by atoms with Crippen LogP contribution in [0.4, 0.5) is 0 Å². The molecule has 1 aromatic rings. The lowest BCUT2D eigenvalue weighted by Gasteiger charge is -2.15. The normalized spacial score (nSPS) is 26.7. The fourth-order valence-electron chi connectivity index (χ4n) is 2.34. The fourth-order valence-corrected chi connectivity index (χ4v) is 3.12. The summed E-state index contributed by atoms with van der Waals surface area (Å²) in [5, 5.41) is 0. The topological polar surface area (TPSA) is 0 Å². The van der Waals surface area contributed by atoms with Crippen molar-refractivity contribution in [3.63, 3.8) is 0 Å². The highest BCUT2D eigenvalue weighted by molar-refractivity contribution is 9.09. The van der Waals surface area contributed by atoms with Crippen molar-refractivity contribution in [1.29, 1.82) is 0 Å². The minimum absolute atomic E-state index is 0.752. The predicted octanol–water partition coefficient (Wildman–Crippen LogP) is 4.10. The van der Waals surface area contributed by atoms with Gasteiger partial charge in [0.05, 0.1) is 0 Å². The van der Waals surface area contributed by atoms with Crippen LogP contribution in [-0.4, -0.2) is 4.83 Å². The van der Waals surface area contributed by atoms with Gasteiger partial charge in [0.15, 0.2) is 0 Å². The Balaban J connectivity index is 2.07. The highest BCUT2D eigenvalue weighted by Crippen LogP contribution is 2.34. The Morgan fingerprint density at radius 2 is 2.07 bits per heavy atom. The van der Waals surface area contributed by atoms with E-state index in [2.05, 4.69) is 47.1 Å². The number of aryl methyl sites for hydroxylation is 1. The summed E-state index contributed by atoms with van der Waals surface area (Å²) in [5.74, 6) is 0.857. The van der Waals surface area contributed by atoms with E-state index in [0.717, 1.165) is 10.7 Å². The molecular formula is C13H17Br. The molecule has 0 radical (unpaired) electrons. The van der Waals surface area contributed by atoms with Gasteiger partial charge in [0.1, 0.15) is 0 Å². The van der Waals surface area contributed by atoms with Crippen molar-refractivity contribution < 1.29 is 0 Å².